The fraction of sp³-hybridized carbons (Fsp3) is 0.917. The number of hydrogen-bond donors (Lipinski definition) is 1. The highest BCUT2D eigenvalue weighted by molar-refractivity contribution is 7.93. The zero-order chi connectivity index (χ0) is 14.5. The first-order valence-electron chi connectivity index (χ1n) is 6.42. The average Bonchev–Trinajstić information content (AvgIpc) is 2.43. The van der Waals surface area contributed by atoms with Gasteiger partial charge in [0.2, 0.25) is 0 Å². The highest BCUT2D eigenvalue weighted by Gasteiger charge is 2.62. The molecule has 0 radical (unpaired) electrons. The second-order valence-electron chi connectivity index (χ2n) is 6.39. The van der Waals surface area contributed by atoms with Crippen molar-refractivity contribution in [2.75, 3.05) is 25.4 Å². The van der Waals surface area contributed by atoms with Crippen molar-refractivity contribution in [2.24, 2.45) is 5.92 Å². The zero-order valence-electron chi connectivity index (χ0n) is 11.5. The lowest BCUT2D eigenvalue weighted by Crippen LogP contribution is -2.69. The lowest BCUT2D eigenvalue weighted by Gasteiger charge is -2.49. The summed E-state index contributed by atoms with van der Waals surface area (Å²) in [5.74, 6) is -0.170. The molecule has 2 aliphatic heterocycles. The van der Waals surface area contributed by atoms with Crippen LogP contribution < -0.4 is 0 Å². The zero-order valence-corrected chi connectivity index (χ0v) is 12.4. The van der Waals surface area contributed by atoms with Crippen LogP contribution in [0, 0.1) is 5.92 Å². The van der Waals surface area contributed by atoms with Crippen molar-refractivity contribution in [3.63, 3.8) is 0 Å². The van der Waals surface area contributed by atoms with Gasteiger partial charge in [0.25, 0.3) is 0 Å². The maximum absolute atomic E-state index is 12.1. The van der Waals surface area contributed by atoms with Crippen LogP contribution in [0.15, 0.2) is 0 Å². The number of sulfone groups is 1. The molecule has 2 rings (SSSR count). The SMILES string of the molecule is CC(C)(C)OC(=O)N1CC2(C1)[C@@H](CO)CCS2(=O)=O. The second-order valence-corrected chi connectivity index (χ2v) is 8.84. The molecule has 2 aliphatic rings. The van der Waals surface area contributed by atoms with E-state index in [0.717, 1.165) is 0 Å². The molecule has 0 saturated carbocycles. The molecule has 0 aromatic carbocycles. The van der Waals surface area contributed by atoms with Crippen LogP contribution in [-0.4, -0.2) is 60.3 Å². The summed E-state index contributed by atoms with van der Waals surface area (Å²) < 4.78 is 28.5. The summed E-state index contributed by atoms with van der Waals surface area (Å²) in [5, 5.41) is 9.31. The minimum atomic E-state index is -3.23. The lowest BCUT2D eigenvalue weighted by molar-refractivity contribution is -0.00687. The standard InChI is InChI=1S/C12H21NO5S/c1-11(2,3)18-10(15)13-7-12(8-13)9(6-14)4-5-19(12,16)17/h9,14H,4-8H2,1-3H3/t9-/m1/s1. The van der Waals surface area contributed by atoms with Gasteiger partial charge in [0.05, 0.1) is 5.75 Å². The van der Waals surface area contributed by atoms with E-state index < -0.39 is 26.3 Å². The first-order chi connectivity index (χ1) is 8.61. The summed E-state index contributed by atoms with van der Waals surface area (Å²) in [5.41, 5.74) is -0.592. The van der Waals surface area contributed by atoms with E-state index in [1.54, 1.807) is 20.8 Å². The van der Waals surface area contributed by atoms with E-state index in [4.69, 9.17) is 4.74 Å². The highest BCUT2D eigenvalue weighted by atomic mass is 32.2. The fourth-order valence-corrected chi connectivity index (χ4v) is 5.19. The normalized spacial score (nSPS) is 28.2. The Morgan fingerprint density at radius 2 is 2.00 bits per heavy atom. The molecule has 0 aliphatic carbocycles. The fourth-order valence-electron chi connectivity index (χ4n) is 2.79. The Kier molecular flexibility index (Phi) is 3.33. The summed E-state index contributed by atoms with van der Waals surface area (Å²) in [6.45, 7) is 5.42. The molecule has 0 aromatic heterocycles. The Balaban J connectivity index is 2.07. The molecule has 1 N–H and O–H groups in total. The number of nitrogens with zero attached hydrogens (tertiary/aromatic N) is 1. The third-order valence-electron chi connectivity index (χ3n) is 3.89. The predicted molar refractivity (Wildman–Crippen MR) is 69.5 cm³/mol. The molecule has 1 amide bonds. The Morgan fingerprint density at radius 1 is 1.42 bits per heavy atom. The number of rotatable bonds is 1. The molecule has 7 heteroatoms. The maximum atomic E-state index is 12.1. The van der Waals surface area contributed by atoms with Crippen LogP contribution in [0.5, 0.6) is 0 Å². The number of hydrogen-bond acceptors (Lipinski definition) is 5. The van der Waals surface area contributed by atoms with Crippen molar-refractivity contribution < 1.29 is 23.1 Å². The van der Waals surface area contributed by atoms with E-state index in [2.05, 4.69) is 0 Å². The van der Waals surface area contributed by atoms with Crippen molar-refractivity contribution in [3.05, 3.63) is 0 Å². The van der Waals surface area contributed by atoms with Crippen molar-refractivity contribution in [3.8, 4) is 0 Å². The van der Waals surface area contributed by atoms with Crippen LogP contribution >= 0.6 is 0 Å². The van der Waals surface area contributed by atoms with E-state index in [1.165, 1.54) is 4.90 Å². The number of carbonyl (C=O) groups is 1. The first kappa shape index (κ1) is 14.6. The summed E-state index contributed by atoms with van der Waals surface area (Å²) in [6.07, 6.45) is -0.0158. The molecular weight excluding hydrogens is 270 g/mol. The van der Waals surface area contributed by atoms with E-state index >= 15 is 0 Å². The quantitative estimate of drug-likeness (QED) is 0.756. The molecular formula is C12H21NO5S. The smallest absolute Gasteiger partial charge is 0.410 e. The minimum absolute atomic E-state index is 0.0976. The summed E-state index contributed by atoms with van der Waals surface area (Å²) >= 11 is 0. The third kappa shape index (κ3) is 2.33. The predicted octanol–water partition coefficient (Wildman–Crippen LogP) is 0.403. The van der Waals surface area contributed by atoms with Crippen LogP contribution in [0.2, 0.25) is 0 Å². The van der Waals surface area contributed by atoms with Crippen LogP contribution in [0.3, 0.4) is 0 Å². The summed E-state index contributed by atoms with van der Waals surface area (Å²) in [6, 6.07) is 0. The summed E-state index contributed by atoms with van der Waals surface area (Å²) in [4.78, 5) is 13.2. The Labute approximate surface area is 113 Å². The van der Waals surface area contributed by atoms with Gasteiger partial charge >= 0.3 is 6.09 Å². The number of amides is 1. The van der Waals surface area contributed by atoms with E-state index in [0.29, 0.717) is 6.42 Å². The molecule has 6 nitrogen and oxygen atoms in total. The Morgan fingerprint density at radius 3 is 2.47 bits per heavy atom. The summed E-state index contributed by atoms with van der Waals surface area (Å²) in [7, 11) is -3.23. The molecule has 0 aromatic rings. The molecule has 1 spiro atoms. The molecule has 0 unspecified atom stereocenters. The first-order valence-corrected chi connectivity index (χ1v) is 8.08. The van der Waals surface area contributed by atoms with Gasteiger partial charge in [-0.15, -0.1) is 0 Å². The molecule has 2 saturated heterocycles. The van der Waals surface area contributed by atoms with Crippen LogP contribution in [0.4, 0.5) is 4.79 Å². The molecule has 2 heterocycles. The second kappa shape index (κ2) is 4.34. The number of carbonyl (C=O) groups excluding carboxylic acids is 1. The van der Waals surface area contributed by atoms with Crippen molar-refractivity contribution in [2.45, 2.75) is 37.5 Å². The number of ether oxygens (including phenoxy) is 1. The van der Waals surface area contributed by atoms with E-state index in [9.17, 15) is 18.3 Å². The number of likely N-dealkylation sites (tertiary alicyclic amines) is 1. The maximum Gasteiger partial charge on any atom is 0.410 e. The molecule has 2 fully saturated rings. The van der Waals surface area contributed by atoms with Gasteiger partial charge in [-0.25, -0.2) is 13.2 Å². The van der Waals surface area contributed by atoms with E-state index in [1.807, 2.05) is 0 Å². The van der Waals surface area contributed by atoms with Gasteiger partial charge < -0.3 is 14.7 Å². The highest BCUT2D eigenvalue weighted by Crippen LogP contribution is 2.44. The number of aliphatic hydroxyl groups excluding tert-OH is 1. The Bertz CT molecular complexity index is 473. The van der Waals surface area contributed by atoms with Gasteiger partial charge in [-0.05, 0) is 27.2 Å². The largest absolute Gasteiger partial charge is 0.444 e. The van der Waals surface area contributed by atoms with Gasteiger partial charge in [-0.1, -0.05) is 0 Å². The van der Waals surface area contributed by atoms with Crippen LogP contribution in [-0.2, 0) is 14.6 Å². The topological polar surface area (TPSA) is 83.9 Å². The molecule has 19 heavy (non-hydrogen) atoms. The van der Waals surface area contributed by atoms with Crippen molar-refractivity contribution in [1.29, 1.82) is 0 Å². The lowest BCUT2D eigenvalue weighted by atomic mass is 9.84. The van der Waals surface area contributed by atoms with Gasteiger partial charge in [0.1, 0.15) is 10.3 Å². The molecule has 0 bridgehead atoms. The van der Waals surface area contributed by atoms with Crippen molar-refractivity contribution >= 4 is 15.9 Å². The van der Waals surface area contributed by atoms with Crippen LogP contribution in [0.1, 0.15) is 27.2 Å². The molecule has 1 atom stereocenters. The van der Waals surface area contributed by atoms with E-state index in [-0.39, 0.29) is 31.4 Å². The molecule has 110 valence electrons. The van der Waals surface area contributed by atoms with Gasteiger partial charge in [0.15, 0.2) is 9.84 Å². The number of aliphatic hydroxyl groups is 1. The third-order valence-corrected chi connectivity index (χ3v) is 6.49. The van der Waals surface area contributed by atoms with Crippen molar-refractivity contribution in [1.82, 2.24) is 4.90 Å². The van der Waals surface area contributed by atoms with Gasteiger partial charge in [0, 0.05) is 25.6 Å². The average molecular weight is 291 g/mol. The minimum Gasteiger partial charge on any atom is -0.444 e. The van der Waals surface area contributed by atoms with Gasteiger partial charge in [-0.3, -0.25) is 0 Å². The van der Waals surface area contributed by atoms with Crippen LogP contribution in [0.25, 0.3) is 0 Å². The Hall–Kier alpha value is -0.820. The monoisotopic (exact) mass is 291 g/mol. The van der Waals surface area contributed by atoms with Gasteiger partial charge in [-0.2, -0.15) is 0 Å².